The van der Waals surface area contributed by atoms with Crippen LogP contribution >= 0.6 is 0 Å². The van der Waals surface area contributed by atoms with E-state index in [1.807, 2.05) is 60.8 Å². The number of esters is 3. The van der Waals surface area contributed by atoms with Crippen LogP contribution in [0.15, 0.2) is 85.1 Å². The number of rotatable bonds is 44. The van der Waals surface area contributed by atoms with Crippen LogP contribution in [-0.4, -0.2) is 37.2 Å². The van der Waals surface area contributed by atoms with Crippen molar-refractivity contribution < 1.29 is 28.6 Å². The molecule has 348 valence electrons. The summed E-state index contributed by atoms with van der Waals surface area (Å²) >= 11 is 0. The zero-order chi connectivity index (χ0) is 44.4. The molecule has 0 spiro atoms. The zero-order valence-electron chi connectivity index (χ0n) is 39.7. The molecule has 61 heavy (non-hydrogen) atoms. The maximum atomic E-state index is 12.8. The van der Waals surface area contributed by atoms with E-state index in [1.54, 1.807) is 0 Å². The molecule has 6 heteroatoms. The van der Waals surface area contributed by atoms with Gasteiger partial charge in [-0.25, -0.2) is 0 Å². The molecule has 0 heterocycles. The summed E-state index contributed by atoms with van der Waals surface area (Å²) in [5.74, 6) is -0.950. The minimum atomic E-state index is -0.796. The first-order chi connectivity index (χ1) is 30.0. The van der Waals surface area contributed by atoms with Gasteiger partial charge in [-0.05, 0) is 64.2 Å². The first-order valence-corrected chi connectivity index (χ1v) is 25.2. The highest BCUT2D eigenvalue weighted by Gasteiger charge is 2.19. The lowest BCUT2D eigenvalue weighted by atomic mass is 10.1. The average molecular weight is 849 g/mol. The first kappa shape index (κ1) is 57.6. The van der Waals surface area contributed by atoms with Gasteiger partial charge in [-0.1, -0.05) is 228 Å². The van der Waals surface area contributed by atoms with Crippen LogP contribution in [0.25, 0.3) is 0 Å². The highest BCUT2D eigenvalue weighted by Crippen LogP contribution is 2.14. The summed E-state index contributed by atoms with van der Waals surface area (Å²) in [7, 11) is 0. The van der Waals surface area contributed by atoms with Crippen LogP contribution in [0.1, 0.15) is 226 Å². The molecule has 0 radical (unpaired) electrons. The molecule has 0 bridgehead atoms. The van der Waals surface area contributed by atoms with Crippen molar-refractivity contribution in [2.24, 2.45) is 0 Å². The van der Waals surface area contributed by atoms with Gasteiger partial charge in [-0.2, -0.15) is 0 Å². The van der Waals surface area contributed by atoms with Crippen molar-refractivity contribution in [3.05, 3.63) is 85.1 Å². The molecule has 0 amide bonds. The van der Waals surface area contributed by atoms with Gasteiger partial charge in [0.05, 0.1) is 0 Å². The molecule has 1 unspecified atom stereocenters. The Morgan fingerprint density at radius 2 is 0.656 bits per heavy atom. The Labute approximate surface area is 375 Å². The second-order valence-electron chi connectivity index (χ2n) is 16.5. The molecule has 0 rings (SSSR count). The van der Waals surface area contributed by atoms with Gasteiger partial charge in [0.15, 0.2) is 6.10 Å². The van der Waals surface area contributed by atoms with Gasteiger partial charge in [0.1, 0.15) is 13.2 Å². The first-order valence-electron chi connectivity index (χ1n) is 25.2. The molecule has 0 aromatic carbocycles. The standard InChI is InChI=1S/C55H92O6/c1-4-7-10-13-16-19-22-24-26-28-30-31-33-36-39-42-45-48-54(57)60-51-52(50-59-53(56)47-44-41-38-35-21-18-15-12-9-6-3)61-55(58)49-46-43-40-37-34-32-29-27-25-23-20-17-14-11-8-5-2/h7,10,13,16,19,22,24,26-31,33,52H,4-6,8-9,11-12,14-15,17-18,20-21,23,25,32,34-51H2,1-3H3/b10-7-,16-13-,22-19-,26-24-,29-27-,30-28+,33-31-. The second-order valence-corrected chi connectivity index (χ2v) is 16.5. The van der Waals surface area contributed by atoms with E-state index in [-0.39, 0.29) is 31.1 Å². The summed E-state index contributed by atoms with van der Waals surface area (Å²) in [4.78, 5) is 37.9. The minimum Gasteiger partial charge on any atom is -0.462 e. The van der Waals surface area contributed by atoms with Crippen molar-refractivity contribution >= 4 is 17.9 Å². The Hall–Kier alpha value is -3.41. The molecule has 0 saturated heterocycles. The lowest BCUT2D eigenvalue weighted by molar-refractivity contribution is -0.167. The van der Waals surface area contributed by atoms with Gasteiger partial charge >= 0.3 is 17.9 Å². The highest BCUT2D eigenvalue weighted by atomic mass is 16.6. The van der Waals surface area contributed by atoms with E-state index in [1.165, 1.54) is 103 Å². The quantitative estimate of drug-likeness (QED) is 0.0200. The van der Waals surface area contributed by atoms with Crippen molar-refractivity contribution in [1.82, 2.24) is 0 Å². The van der Waals surface area contributed by atoms with Crippen molar-refractivity contribution in [3.63, 3.8) is 0 Å². The van der Waals surface area contributed by atoms with Crippen LogP contribution in [0.4, 0.5) is 0 Å². The fourth-order valence-corrected chi connectivity index (χ4v) is 6.76. The SMILES string of the molecule is CC\C=C/C=C\C=C/C=C\C=C\C=C/CCCCCC(=O)OCC(COC(=O)CCCCCCCCCCCC)OC(=O)CCCCCCC/C=C\CCCCCCCCC. The summed E-state index contributed by atoms with van der Waals surface area (Å²) in [5.41, 5.74) is 0. The Morgan fingerprint density at radius 1 is 0.344 bits per heavy atom. The molecule has 0 N–H and O–H groups in total. The Bertz CT molecular complexity index is 1200. The van der Waals surface area contributed by atoms with E-state index in [4.69, 9.17) is 14.2 Å². The van der Waals surface area contributed by atoms with Crippen LogP contribution < -0.4 is 0 Å². The fourth-order valence-electron chi connectivity index (χ4n) is 6.76. The third kappa shape index (κ3) is 47.5. The number of ether oxygens (including phenoxy) is 3. The van der Waals surface area contributed by atoms with Gasteiger partial charge in [0, 0.05) is 19.3 Å². The summed E-state index contributed by atoms with van der Waals surface area (Å²) in [6, 6.07) is 0. The van der Waals surface area contributed by atoms with Gasteiger partial charge in [-0.15, -0.1) is 0 Å². The van der Waals surface area contributed by atoms with Crippen molar-refractivity contribution in [2.45, 2.75) is 232 Å². The second kappa shape index (κ2) is 49.2. The van der Waals surface area contributed by atoms with Crippen LogP contribution in [0.2, 0.25) is 0 Å². The molecule has 0 aliphatic rings. The summed E-state index contributed by atoms with van der Waals surface area (Å²) in [5, 5.41) is 0. The monoisotopic (exact) mass is 849 g/mol. The molecular formula is C55H92O6. The largest absolute Gasteiger partial charge is 0.462 e. The highest BCUT2D eigenvalue weighted by molar-refractivity contribution is 5.71. The third-order valence-corrected chi connectivity index (χ3v) is 10.5. The zero-order valence-corrected chi connectivity index (χ0v) is 39.7. The van der Waals surface area contributed by atoms with Gasteiger partial charge in [0.25, 0.3) is 0 Å². The van der Waals surface area contributed by atoms with E-state index in [0.717, 1.165) is 83.5 Å². The van der Waals surface area contributed by atoms with Crippen LogP contribution in [-0.2, 0) is 28.6 Å². The molecule has 1 atom stereocenters. The molecule has 0 aliphatic heterocycles. The van der Waals surface area contributed by atoms with E-state index in [0.29, 0.717) is 19.3 Å². The van der Waals surface area contributed by atoms with Crippen molar-refractivity contribution in [3.8, 4) is 0 Å². The van der Waals surface area contributed by atoms with E-state index in [2.05, 4.69) is 45.1 Å². The predicted octanol–water partition coefficient (Wildman–Crippen LogP) is 16.4. The lowest BCUT2D eigenvalue weighted by Gasteiger charge is -2.18. The number of hydrogen-bond acceptors (Lipinski definition) is 6. The van der Waals surface area contributed by atoms with Crippen LogP contribution in [0.5, 0.6) is 0 Å². The van der Waals surface area contributed by atoms with Gasteiger partial charge < -0.3 is 14.2 Å². The fraction of sp³-hybridized carbons (Fsp3) is 0.691. The minimum absolute atomic E-state index is 0.0936. The normalized spacial score (nSPS) is 12.8. The van der Waals surface area contributed by atoms with Gasteiger partial charge in [0.2, 0.25) is 0 Å². The summed E-state index contributed by atoms with van der Waals surface area (Å²) in [6.07, 6.45) is 62.8. The van der Waals surface area contributed by atoms with Crippen LogP contribution in [0.3, 0.4) is 0 Å². The van der Waals surface area contributed by atoms with E-state index < -0.39 is 6.10 Å². The number of hydrogen-bond donors (Lipinski definition) is 0. The molecule has 0 fully saturated rings. The lowest BCUT2D eigenvalue weighted by Crippen LogP contribution is -2.30. The Balaban J connectivity index is 4.47. The van der Waals surface area contributed by atoms with E-state index >= 15 is 0 Å². The maximum absolute atomic E-state index is 12.8. The molecule has 0 saturated carbocycles. The number of carbonyl (C=O) groups excluding carboxylic acids is 3. The molecule has 6 nitrogen and oxygen atoms in total. The van der Waals surface area contributed by atoms with E-state index in [9.17, 15) is 14.4 Å². The third-order valence-electron chi connectivity index (χ3n) is 10.5. The smallest absolute Gasteiger partial charge is 0.306 e. The molecule has 0 aliphatic carbocycles. The number of allylic oxidation sites excluding steroid dienone is 14. The Kier molecular flexibility index (Phi) is 46.5. The summed E-state index contributed by atoms with van der Waals surface area (Å²) < 4.78 is 16.7. The number of unbranched alkanes of at least 4 members (excludes halogenated alkanes) is 24. The topological polar surface area (TPSA) is 78.9 Å². The van der Waals surface area contributed by atoms with Crippen LogP contribution in [0, 0.1) is 0 Å². The predicted molar refractivity (Wildman–Crippen MR) is 261 cm³/mol. The van der Waals surface area contributed by atoms with Crippen molar-refractivity contribution in [1.29, 1.82) is 0 Å². The van der Waals surface area contributed by atoms with Crippen molar-refractivity contribution in [2.75, 3.05) is 13.2 Å². The number of carbonyl (C=O) groups is 3. The maximum Gasteiger partial charge on any atom is 0.306 e. The molecular weight excluding hydrogens is 757 g/mol. The molecule has 0 aromatic heterocycles. The average Bonchev–Trinajstić information content (AvgIpc) is 3.26. The molecule has 0 aromatic rings. The summed E-state index contributed by atoms with van der Waals surface area (Å²) in [6.45, 7) is 6.43. The Morgan fingerprint density at radius 3 is 1.07 bits per heavy atom. The van der Waals surface area contributed by atoms with Gasteiger partial charge in [-0.3, -0.25) is 14.4 Å².